The molecule has 0 fully saturated rings. The van der Waals surface area contributed by atoms with Crippen LogP contribution in [0, 0.1) is 5.92 Å². The second-order valence-electron chi connectivity index (χ2n) is 4.78. The summed E-state index contributed by atoms with van der Waals surface area (Å²) in [4.78, 5) is 12.1. The minimum absolute atomic E-state index is 0.218. The van der Waals surface area contributed by atoms with Crippen LogP contribution in [0.15, 0.2) is 53.1 Å². The Hall–Kier alpha value is -1.63. The van der Waals surface area contributed by atoms with Gasteiger partial charge in [-0.25, -0.2) is 0 Å². The number of hydrogen-bond donors (Lipinski definition) is 0. The highest BCUT2D eigenvalue weighted by Gasteiger charge is 2.21. The molecule has 88 valence electrons. The van der Waals surface area contributed by atoms with E-state index >= 15 is 0 Å². The molecule has 0 amide bonds. The van der Waals surface area contributed by atoms with Crippen molar-refractivity contribution >= 4 is 5.78 Å². The maximum absolute atomic E-state index is 12.1. The summed E-state index contributed by atoms with van der Waals surface area (Å²) in [6.45, 7) is 6.41. The van der Waals surface area contributed by atoms with Crippen LogP contribution in [-0.2, 0) is 0 Å². The smallest absolute Gasteiger partial charge is 0.166 e. The van der Waals surface area contributed by atoms with Crippen LogP contribution in [-0.4, -0.2) is 5.78 Å². The van der Waals surface area contributed by atoms with Gasteiger partial charge in [0.05, 0.1) is 0 Å². The van der Waals surface area contributed by atoms with E-state index in [0.717, 1.165) is 5.56 Å². The van der Waals surface area contributed by atoms with E-state index in [0.29, 0.717) is 12.3 Å². The van der Waals surface area contributed by atoms with Crippen molar-refractivity contribution in [2.75, 3.05) is 0 Å². The van der Waals surface area contributed by atoms with Gasteiger partial charge in [-0.05, 0) is 19.8 Å². The molecule has 0 spiro atoms. The van der Waals surface area contributed by atoms with Gasteiger partial charge in [0.15, 0.2) is 5.78 Å². The third-order valence-electron chi connectivity index (χ3n) is 3.60. The van der Waals surface area contributed by atoms with Crippen LogP contribution in [0.25, 0.3) is 0 Å². The summed E-state index contributed by atoms with van der Waals surface area (Å²) < 4.78 is 0. The van der Waals surface area contributed by atoms with Crippen LogP contribution >= 0.6 is 0 Å². The number of Topliss-reactive ketones (excluding diaryl/α,β-unsaturated/α-hetero) is 1. The Labute approximate surface area is 103 Å². The van der Waals surface area contributed by atoms with Crippen LogP contribution in [0.1, 0.15) is 37.6 Å². The molecule has 0 aromatic heterocycles. The zero-order valence-corrected chi connectivity index (χ0v) is 10.7. The van der Waals surface area contributed by atoms with Crippen molar-refractivity contribution in [3.8, 4) is 0 Å². The maximum Gasteiger partial charge on any atom is 0.166 e. The fraction of sp³-hybridized carbons (Fsp3) is 0.312. The molecule has 2 rings (SSSR count). The van der Waals surface area contributed by atoms with Gasteiger partial charge in [0.25, 0.3) is 0 Å². The van der Waals surface area contributed by atoms with E-state index in [1.807, 2.05) is 30.3 Å². The molecule has 1 aliphatic rings. The Morgan fingerprint density at radius 3 is 2.35 bits per heavy atom. The normalized spacial score (nSPS) is 19.5. The lowest BCUT2D eigenvalue weighted by Crippen LogP contribution is -2.06. The van der Waals surface area contributed by atoms with Crippen LogP contribution in [0.3, 0.4) is 0 Å². The Morgan fingerprint density at radius 2 is 1.82 bits per heavy atom. The molecule has 0 saturated heterocycles. The molecule has 0 saturated carbocycles. The molecule has 1 aliphatic carbocycles. The van der Waals surface area contributed by atoms with Crippen molar-refractivity contribution in [1.82, 2.24) is 0 Å². The van der Waals surface area contributed by atoms with Gasteiger partial charge in [0, 0.05) is 12.0 Å². The summed E-state index contributed by atoms with van der Waals surface area (Å²) in [6, 6.07) is 9.54. The van der Waals surface area contributed by atoms with E-state index in [9.17, 15) is 4.79 Å². The molecule has 17 heavy (non-hydrogen) atoms. The number of carbonyl (C=O) groups excluding carboxylic acids is 1. The summed E-state index contributed by atoms with van der Waals surface area (Å²) in [5, 5.41) is 0. The topological polar surface area (TPSA) is 17.1 Å². The molecule has 0 heterocycles. The van der Waals surface area contributed by atoms with Crippen LogP contribution in [0.2, 0.25) is 0 Å². The highest BCUT2D eigenvalue weighted by atomic mass is 16.1. The van der Waals surface area contributed by atoms with E-state index in [1.165, 1.54) is 16.7 Å². The Morgan fingerprint density at radius 1 is 1.18 bits per heavy atom. The minimum Gasteiger partial charge on any atom is -0.294 e. The molecule has 0 radical (unpaired) electrons. The Kier molecular flexibility index (Phi) is 3.28. The summed E-state index contributed by atoms with van der Waals surface area (Å²) in [5.41, 5.74) is 4.71. The standard InChI is InChI=1S/C16H18O/c1-11-9-12(2)15(13(11)3)10-16(17)14-7-5-4-6-8-14/h4-9,13H,10H2,1-3H3. The van der Waals surface area contributed by atoms with Crippen molar-refractivity contribution in [3.05, 3.63) is 58.7 Å². The average Bonchev–Trinajstić information content (AvgIpc) is 2.57. The molecule has 1 unspecified atom stereocenters. The van der Waals surface area contributed by atoms with E-state index in [2.05, 4.69) is 26.8 Å². The van der Waals surface area contributed by atoms with Crippen LogP contribution in [0.4, 0.5) is 0 Å². The van der Waals surface area contributed by atoms with Crippen molar-refractivity contribution in [2.45, 2.75) is 27.2 Å². The highest BCUT2D eigenvalue weighted by molar-refractivity contribution is 5.97. The number of rotatable bonds is 3. The third kappa shape index (κ3) is 2.38. The summed E-state index contributed by atoms with van der Waals surface area (Å²) in [5.74, 6) is 0.637. The molecule has 0 aliphatic heterocycles. The maximum atomic E-state index is 12.1. The van der Waals surface area contributed by atoms with Gasteiger partial charge in [-0.2, -0.15) is 0 Å². The van der Waals surface area contributed by atoms with Crippen molar-refractivity contribution in [1.29, 1.82) is 0 Å². The molecule has 1 heteroatoms. The first-order valence-electron chi connectivity index (χ1n) is 6.05. The SMILES string of the molecule is CC1=CC(C)=C(CC(=O)c2ccccc2)C1C. The number of allylic oxidation sites excluding steroid dienone is 4. The number of benzene rings is 1. The van der Waals surface area contributed by atoms with E-state index in [-0.39, 0.29) is 5.78 Å². The first kappa shape index (κ1) is 11.8. The Bertz CT molecular complexity index is 492. The molecule has 1 aromatic rings. The van der Waals surface area contributed by atoms with E-state index in [1.54, 1.807) is 0 Å². The predicted octanol–water partition coefficient (Wildman–Crippen LogP) is 4.17. The highest BCUT2D eigenvalue weighted by Crippen LogP contribution is 2.33. The molecular formula is C16H18O. The zero-order valence-electron chi connectivity index (χ0n) is 10.7. The first-order chi connectivity index (χ1) is 8.09. The van der Waals surface area contributed by atoms with Gasteiger partial charge < -0.3 is 0 Å². The van der Waals surface area contributed by atoms with E-state index < -0.39 is 0 Å². The second-order valence-corrected chi connectivity index (χ2v) is 4.78. The molecule has 0 bridgehead atoms. The molecule has 1 aromatic carbocycles. The lowest BCUT2D eigenvalue weighted by Gasteiger charge is -2.12. The first-order valence-corrected chi connectivity index (χ1v) is 6.05. The largest absolute Gasteiger partial charge is 0.294 e. The average molecular weight is 226 g/mol. The van der Waals surface area contributed by atoms with Crippen LogP contribution in [0.5, 0.6) is 0 Å². The summed E-state index contributed by atoms with van der Waals surface area (Å²) in [6.07, 6.45) is 2.74. The quantitative estimate of drug-likeness (QED) is 0.707. The van der Waals surface area contributed by atoms with Gasteiger partial charge in [-0.3, -0.25) is 4.79 Å². The Balaban J connectivity index is 2.14. The molecule has 0 N–H and O–H groups in total. The van der Waals surface area contributed by atoms with E-state index in [4.69, 9.17) is 0 Å². The van der Waals surface area contributed by atoms with Gasteiger partial charge >= 0.3 is 0 Å². The zero-order chi connectivity index (χ0) is 12.4. The number of hydrogen-bond acceptors (Lipinski definition) is 1. The van der Waals surface area contributed by atoms with Gasteiger partial charge in [0.1, 0.15) is 0 Å². The number of ketones is 1. The van der Waals surface area contributed by atoms with Gasteiger partial charge in [-0.15, -0.1) is 0 Å². The number of carbonyl (C=O) groups is 1. The lowest BCUT2D eigenvalue weighted by atomic mass is 9.92. The van der Waals surface area contributed by atoms with Gasteiger partial charge in [0.2, 0.25) is 0 Å². The summed E-state index contributed by atoms with van der Waals surface area (Å²) in [7, 11) is 0. The fourth-order valence-corrected chi connectivity index (χ4v) is 2.37. The molecule has 1 atom stereocenters. The summed E-state index contributed by atoms with van der Waals surface area (Å²) >= 11 is 0. The fourth-order valence-electron chi connectivity index (χ4n) is 2.37. The molecule has 1 nitrogen and oxygen atoms in total. The molecular weight excluding hydrogens is 208 g/mol. The van der Waals surface area contributed by atoms with Crippen LogP contribution < -0.4 is 0 Å². The second kappa shape index (κ2) is 4.70. The van der Waals surface area contributed by atoms with Crippen molar-refractivity contribution in [2.24, 2.45) is 5.92 Å². The lowest BCUT2D eigenvalue weighted by molar-refractivity contribution is 0.0991. The van der Waals surface area contributed by atoms with Crippen molar-refractivity contribution < 1.29 is 4.79 Å². The van der Waals surface area contributed by atoms with Crippen molar-refractivity contribution in [3.63, 3.8) is 0 Å². The predicted molar refractivity (Wildman–Crippen MR) is 71.0 cm³/mol. The van der Waals surface area contributed by atoms with Gasteiger partial charge in [-0.1, -0.05) is 60.1 Å². The third-order valence-corrected chi connectivity index (χ3v) is 3.60. The monoisotopic (exact) mass is 226 g/mol. The minimum atomic E-state index is 0.218.